The van der Waals surface area contributed by atoms with Gasteiger partial charge in [-0.3, -0.25) is 14.7 Å². The highest BCUT2D eigenvalue weighted by Crippen LogP contribution is 2.24. The van der Waals surface area contributed by atoms with Gasteiger partial charge in [0.1, 0.15) is 5.69 Å². The smallest absolute Gasteiger partial charge is 0.272 e. The van der Waals surface area contributed by atoms with Gasteiger partial charge in [0.15, 0.2) is 0 Å². The Kier molecular flexibility index (Phi) is 7.84. The van der Waals surface area contributed by atoms with Gasteiger partial charge < -0.3 is 9.64 Å². The minimum atomic E-state index is -3.20. The van der Waals surface area contributed by atoms with Crippen LogP contribution in [-0.4, -0.2) is 98.2 Å². The van der Waals surface area contributed by atoms with E-state index in [0.717, 1.165) is 44.5 Å². The molecule has 2 aliphatic rings. The Balaban J connectivity index is 1.70. The van der Waals surface area contributed by atoms with Crippen molar-refractivity contribution in [1.29, 1.82) is 0 Å². The molecule has 0 aliphatic carbocycles. The lowest BCUT2D eigenvalue weighted by molar-refractivity contribution is 0.00316. The Hall–Kier alpha value is -1.55. The van der Waals surface area contributed by atoms with Crippen LogP contribution in [0.5, 0.6) is 0 Å². The molecule has 2 fully saturated rings. The Morgan fingerprint density at radius 3 is 2.63 bits per heavy atom. The molecule has 0 radical (unpaired) electrons. The predicted molar refractivity (Wildman–Crippen MR) is 116 cm³/mol. The van der Waals surface area contributed by atoms with E-state index in [2.05, 4.69) is 9.88 Å². The minimum Gasteiger partial charge on any atom is -0.381 e. The molecule has 1 aromatic rings. The van der Waals surface area contributed by atoms with E-state index >= 15 is 0 Å². The van der Waals surface area contributed by atoms with Gasteiger partial charge in [-0.25, -0.2) is 12.7 Å². The van der Waals surface area contributed by atoms with Crippen LogP contribution in [0.2, 0.25) is 0 Å². The first kappa shape index (κ1) is 23.1. The normalized spacial score (nSPS) is 21.7. The fourth-order valence-electron chi connectivity index (χ4n) is 4.43. The van der Waals surface area contributed by atoms with Gasteiger partial charge in [-0.15, -0.1) is 0 Å². The molecule has 2 aliphatic heterocycles. The molecule has 2 saturated heterocycles. The van der Waals surface area contributed by atoms with Gasteiger partial charge in [-0.05, 0) is 44.2 Å². The average Bonchev–Trinajstić information content (AvgIpc) is 2.74. The van der Waals surface area contributed by atoms with Gasteiger partial charge in [0.25, 0.3) is 5.91 Å². The van der Waals surface area contributed by atoms with E-state index in [1.54, 1.807) is 15.4 Å². The van der Waals surface area contributed by atoms with Crippen molar-refractivity contribution in [2.24, 2.45) is 0 Å². The summed E-state index contributed by atoms with van der Waals surface area (Å²) in [6.45, 7) is 5.74. The van der Waals surface area contributed by atoms with Crippen molar-refractivity contribution in [2.75, 3.05) is 52.7 Å². The number of aryl methyl sites for hydroxylation is 1. The number of likely N-dealkylation sites (N-methyl/N-ethyl adjacent to an activating group) is 1. The Labute approximate surface area is 180 Å². The molecule has 8 nitrogen and oxygen atoms in total. The number of amides is 1. The molecule has 9 heteroatoms. The number of hydrogen-bond acceptors (Lipinski definition) is 6. The lowest BCUT2D eigenvalue weighted by Gasteiger charge is -2.44. The van der Waals surface area contributed by atoms with Gasteiger partial charge in [-0.2, -0.15) is 0 Å². The summed E-state index contributed by atoms with van der Waals surface area (Å²) in [5.74, 6) is -0.0820. The maximum atomic E-state index is 12.9. The Morgan fingerprint density at radius 1 is 1.23 bits per heavy atom. The first-order chi connectivity index (χ1) is 14.3. The topological polar surface area (TPSA) is 83.1 Å². The second kappa shape index (κ2) is 10.2. The highest BCUT2D eigenvalue weighted by Gasteiger charge is 2.34. The van der Waals surface area contributed by atoms with Crippen LogP contribution in [0.4, 0.5) is 0 Å². The number of pyridine rings is 1. The number of hydrogen-bond donors (Lipinski definition) is 0. The Morgan fingerprint density at radius 2 is 1.97 bits per heavy atom. The molecule has 1 aromatic heterocycles. The zero-order valence-electron chi connectivity index (χ0n) is 18.3. The lowest BCUT2D eigenvalue weighted by atomic mass is 9.99. The van der Waals surface area contributed by atoms with Crippen molar-refractivity contribution in [3.63, 3.8) is 0 Å². The molecular weight excluding hydrogens is 404 g/mol. The summed E-state index contributed by atoms with van der Waals surface area (Å²) in [7, 11) is -1.39. The van der Waals surface area contributed by atoms with Gasteiger partial charge in [0.2, 0.25) is 10.0 Å². The summed E-state index contributed by atoms with van der Waals surface area (Å²) >= 11 is 0. The van der Waals surface area contributed by atoms with Gasteiger partial charge in [0, 0.05) is 64.7 Å². The second-order valence-electron chi connectivity index (χ2n) is 8.39. The molecule has 1 unspecified atom stereocenters. The van der Waals surface area contributed by atoms with Crippen LogP contribution in [0.25, 0.3) is 0 Å². The van der Waals surface area contributed by atoms with Crippen LogP contribution >= 0.6 is 0 Å². The third-order valence-corrected chi connectivity index (χ3v) is 7.48. The molecule has 0 spiro atoms. The maximum Gasteiger partial charge on any atom is 0.272 e. The maximum absolute atomic E-state index is 12.9. The molecule has 0 N–H and O–H groups in total. The summed E-state index contributed by atoms with van der Waals surface area (Å²) in [4.78, 5) is 21.2. The third-order valence-electron chi connectivity index (χ3n) is 6.21. The molecule has 3 rings (SSSR count). The number of aromatic nitrogens is 1. The van der Waals surface area contributed by atoms with E-state index in [0.29, 0.717) is 37.9 Å². The van der Waals surface area contributed by atoms with E-state index in [4.69, 9.17) is 4.74 Å². The van der Waals surface area contributed by atoms with E-state index in [1.807, 2.05) is 26.1 Å². The lowest BCUT2D eigenvalue weighted by Crippen LogP contribution is -2.55. The minimum absolute atomic E-state index is 0.0820. The highest BCUT2D eigenvalue weighted by atomic mass is 32.2. The van der Waals surface area contributed by atoms with Crippen LogP contribution in [0.3, 0.4) is 0 Å². The predicted octanol–water partition coefficient (Wildman–Crippen LogP) is 1.37. The zero-order chi connectivity index (χ0) is 21.7. The van der Waals surface area contributed by atoms with Crippen molar-refractivity contribution in [2.45, 2.75) is 44.7 Å². The number of carbonyl (C=O) groups is 1. The van der Waals surface area contributed by atoms with Crippen molar-refractivity contribution in [3.05, 3.63) is 29.6 Å². The monoisotopic (exact) mass is 438 g/mol. The van der Waals surface area contributed by atoms with Crippen molar-refractivity contribution < 1.29 is 17.9 Å². The van der Waals surface area contributed by atoms with Crippen LogP contribution in [0, 0.1) is 6.92 Å². The van der Waals surface area contributed by atoms with E-state index in [-0.39, 0.29) is 11.9 Å². The first-order valence-corrected chi connectivity index (χ1v) is 12.6. The van der Waals surface area contributed by atoms with Crippen LogP contribution in [0.1, 0.15) is 41.7 Å². The number of piperidine rings is 1. The fourth-order valence-corrected chi connectivity index (χ4v) is 5.33. The number of sulfonamides is 1. The standard InChI is InChI=1S/C21H34N4O4S/c1-17-6-4-10-22-20(17)21(26)23(2)12-13-25(18-8-14-29-15-9-18)19-7-5-11-24(16-19)30(3,27)28/h4,6,10,18-19H,5,7-9,11-16H2,1-3H3. The SMILES string of the molecule is Cc1cccnc1C(=O)N(C)CCN(C1CCOCC1)C1CCCN(S(C)(=O)=O)C1. The van der Waals surface area contributed by atoms with Gasteiger partial charge in [-0.1, -0.05) is 6.07 Å². The fraction of sp³-hybridized carbons (Fsp3) is 0.714. The van der Waals surface area contributed by atoms with Crippen molar-refractivity contribution in [1.82, 2.24) is 19.1 Å². The number of ether oxygens (including phenoxy) is 1. The largest absolute Gasteiger partial charge is 0.381 e. The van der Waals surface area contributed by atoms with E-state index in [1.165, 1.54) is 6.26 Å². The second-order valence-corrected chi connectivity index (χ2v) is 10.4. The summed E-state index contributed by atoms with van der Waals surface area (Å²) in [5.41, 5.74) is 1.35. The first-order valence-electron chi connectivity index (χ1n) is 10.7. The molecule has 1 amide bonds. The highest BCUT2D eigenvalue weighted by molar-refractivity contribution is 7.88. The van der Waals surface area contributed by atoms with Crippen molar-refractivity contribution >= 4 is 15.9 Å². The summed E-state index contributed by atoms with van der Waals surface area (Å²) in [6.07, 6.45) is 6.64. The third kappa shape index (κ3) is 5.78. The molecule has 0 aromatic carbocycles. The average molecular weight is 439 g/mol. The molecule has 1 atom stereocenters. The van der Waals surface area contributed by atoms with Crippen LogP contribution in [0.15, 0.2) is 18.3 Å². The summed E-state index contributed by atoms with van der Waals surface area (Å²) < 4.78 is 31.3. The van der Waals surface area contributed by atoms with E-state index in [9.17, 15) is 13.2 Å². The molecular formula is C21H34N4O4S. The van der Waals surface area contributed by atoms with Crippen LogP contribution in [-0.2, 0) is 14.8 Å². The Bertz CT molecular complexity index is 826. The van der Waals surface area contributed by atoms with Gasteiger partial charge >= 0.3 is 0 Å². The molecule has 0 saturated carbocycles. The summed E-state index contributed by atoms with van der Waals surface area (Å²) in [5, 5.41) is 0. The van der Waals surface area contributed by atoms with Crippen molar-refractivity contribution in [3.8, 4) is 0 Å². The number of rotatable bonds is 7. The molecule has 168 valence electrons. The molecule has 30 heavy (non-hydrogen) atoms. The van der Waals surface area contributed by atoms with Gasteiger partial charge in [0.05, 0.1) is 6.26 Å². The quantitative estimate of drug-likeness (QED) is 0.639. The summed E-state index contributed by atoms with van der Waals surface area (Å²) in [6, 6.07) is 4.24. The number of carbonyl (C=O) groups excluding carboxylic acids is 1. The van der Waals surface area contributed by atoms with E-state index < -0.39 is 10.0 Å². The zero-order valence-corrected chi connectivity index (χ0v) is 19.1. The molecule has 0 bridgehead atoms. The van der Waals surface area contributed by atoms with Crippen LogP contribution < -0.4 is 0 Å². The molecule has 3 heterocycles. The number of nitrogens with zero attached hydrogens (tertiary/aromatic N) is 4.